The summed E-state index contributed by atoms with van der Waals surface area (Å²) in [6.45, 7) is 1.58. The molecule has 6 heteroatoms. The fourth-order valence-corrected chi connectivity index (χ4v) is 2.69. The van der Waals surface area contributed by atoms with Crippen molar-refractivity contribution in [2.75, 3.05) is 26.7 Å². The normalized spacial score (nSPS) is 15.9. The van der Waals surface area contributed by atoms with E-state index in [4.69, 9.17) is 0 Å². The molecule has 0 saturated carbocycles. The Balaban J connectivity index is 1.95. The third-order valence-corrected chi connectivity index (χ3v) is 4.00. The molecule has 22 heavy (non-hydrogen) atoms. The van der Waals surface area contributed by atoms with E-state index < -0.39 is 11.6 Å². The van der Waals surface area contributed by atoms with Crippen LogP contribution in [0.5, 0.6) is 0 Å². The van der Waals surface area contributed by atoms with Crippen molar-refractivity contribution < 1.29 is 18.4 Å². The van der Waals surface area contributed by atoms with Crippen LogP contribution < -0.4 is 5.32 Å². The van der Waals surface area contributed by atoms with Crippen LogP contribution in [-0.2, 0) is 4.79 Å². The summed E-state index contributed by atoms with van der Waals surface area (Å²) >= 11 is 0. The molecule has 1 amide bonds. The fourth-order valence-electron chi connectivity index (χ4n) is 2.69. The molecule has 1 N–H and O–H groups in total. The van der Waals surface area contributed by atoms with Gasteiger partial charge in [0.25, 0.3) is 0 Å². The van der Waals surface area contributed by atoms with Gasteiger partial charge in [0, 0.05) is 32.0 Å². The predicted octanol–water partition coefficient (Wildman–Crippen LogP) is 2.00. The maximum absolute atomic E-state index is 13.7. The molecular formula is C16H20F2N2O2. The third-order valence-electron chi connectivity index (χ3n) is 4.00. The molecule has 1 aromatic carbocycles. The van der Waals surface area contributed by atoms with Crippen molar-refractivity contribution in [2.45, 2.75) is 19.3 Å². The highest BCUT2D eigenvalue weighted by molar-refractivity contribution is 5.98. The van der Waals surface area contributed by atoms with Crippen molar-refractivity contribution in [1.82, 2.24) is 10.2 Å². The Morgan fingerprint density at radius 2 is 1.95 bits per heavy atom. The van der Waals surface area contributed by atoms with Crippen molar-refractivity contribution in [3.05, 3.63) is 35.4 Å². The maximum atomic E-state index is 13.7. The summed E-state index contributed by atoms with van der Waals surface area (Å²) < 4.78 is 26.8. The molecular weight excluding hydrogens is 290 g/mol. The number of piperidine rings is 1. The van der Waals surface area contributed by atoms with Crippen molar-refractivity contribution in [2.24, 2.45) is 5.92 Å². The molecule has 0 aromatic heterocycles. The molecule has 0 spiro atoms. The summed E-state index contributed by atoms with van der Waals surface area (Å²) in [4.78, 5) is 25.9. The van der Waals surface area contributed by atoms with Gasteiger partial charge < -0.3 is 10.2 Å². The average molecular weight is 310 g/mol. The van der Waals surface area contributed by atoms with Gasteiger partial charge in [0.1, 0.15) is 11.6 Å². The molecule has 0 atom stereocenters. The van der Waals surface area contributed by atoms with Crippen LogP contribution in [-0.4, -0.2) is 43.3 Å². The van der Waals surface area contributed by atoms with E-state index in [0.717, 1.165) is 18.2 Å². The van der Waals surface area contributed by atoms with E-state index >= 15 is 0 Å². The van der Waals surface area contributed by atoms with E-state index in [2.05, 4.69) is 5.32 Å². The Morgan fingerprint density at radius 1 is 1.27 bits per heavy atom. The van der Waals surface area contributed by atoms with Crippen molar-refractivity contribution >= 4 is 11.7 Å². The highest BCUT2D eigenvalue weighted by Crippen LogP contribution is 2.24. The molecule has 1 heterocycles. The first-order chi connectivity index (χ1) is 10.5. The van der Waals surface area contributed by atoms with Crippen molar-refractivity contribution in [3.63, 3.8) is 0 Å². The SMILES string of the molecule is CNCCC(=O)N1CCC(C(=O)c2cc(F)ccc2F)CC1. The molecule has 0 aliphatic carbocycles. The van der Waals surface area contributed by atoms with Crippen LogP contribution in [0.25, 0.3) is 0 Å². The molecule has 4 nitrogen and oxygen atoms in total. The molecule has 0 unspecified atom stereocenters. The maximum Gasteiger partial charge on any atom is 0.223 e. The van der Waals surface area contributed by atoms with Crippen LogP contribution in [0.2, 0.25) is 0 Å². The Labute approximate surface area is 128 Å². The minimum Gasteiger partial charge on any atom is -0.343 e. The Morgan fingerprint density at radius 3 is 2.59 bits per heavy atom. The van der Waals surface area contributed by atoms with Gasteiger partial charge in [-0.2, -0.15) is 0 Å². The van der Waals surface area contributed by atoms with Gasteiger partial charge in [0.05, 0.1) is 5.56 Å². The standard InChI is InChI=1S/C16H20F2N2O2/c1-19-7-4-15(21)20-8-5-11(6-9-20)16(22)13-10-12(17)2-3-14(13)18/h2-3,10-11,19H,4-9H2,1H3. The molecule has 2 rings (SSSR count). The van der Waals surface area contributed by atoms with Crippen molar-refractivity contribution in [3.8, 4) is 0 Å². The number of nitrogens with zero attached hydrogens (tertiary/aromatic N) is 1. The summed E-state index contributed by atoms with van der Waals surface area (Å²) in [6.07, 6.45) is 1.40. The van der Waals surface area contributed by atoms with E-state index in [-0.39, 0.29) is 23.2 Å². The van der Waals surface area contributed by atoms with E-state index in [9.17, 15) is 18.4 Å². The lowest BCUT2D eigenvalue weighted by atomic mass is 9.88. The largest absolute Gasteiger partial charge is 0.343 e. The summed E-state index contributed by atoms with van der Waals surface area (Å²) in [6, 6.07) is 2.91. The first kappa shape index (κ1) is 16.5. The van der Waals surface area contributed by atoms with Crippen LogP contribution in [0, 0.1) is 17.6 Å². The molecule has 0 radical (unpaired) electrons. The number of halogens is 2. The molecule has 1 aliphatic heterocycles. The average Bonchev–Trinajstić information content (AvgIpc) is 2.54. The second-order valence-electron chi connectivity index (χ2n) is 5.50. The van der Waals surface area contributed by atoms with Gasteiger partial charge in [0.15, 0.2) is 5.78 Å². The lowest BCUT2D eigenvalue weighted by Gasteiger charge is -2.31. The quantitative estimate of drug-likeness (QED) is 0.846. The molecule has 0 bridgehead atoms. The molecule has 1 fully saturated rings. The van der Waals surface area contributed by atoms with Gasteiger partial charge in [-0.05, 0) is 38.1 Å². The third kappa shape index (κ3) is 3.88. The number of carbonyl (C=O) groups is 2. The first-order valence-corrected chi connectivity index (χ1v) is 7.44. The molecule has 1 aliphatic rings. The van der Waals surface area contributed by atoms with Crippen LogP contribution >= 0.6 is 0 Å². The van der Waals surface area contributed by atoms with E-state index in [1.807, 2.05) is 0 Å². The summed E-state index contributed by atoms with van der Waals surface area (Å²) in [5, 5.41) is 2.92. The molecule has 120 valence electrons. The number of benzene rings is 1. The molecule has 1 aromatic rings. The second-order valence-corrected chi connectivity index (χ2v) is 5.50. The number of likely N-dealkylation sites (tertiary alicyclic amines) is 1. The van der Waals surface area contributed by atoms with Gasteiger partial charge in [-0.25, -0.2) is 8.78 Å². The summed E-state index contributed by atoms with van der Waals surface area (Å²) in [5.74, 6) is -2.00. The number of nitrogens with one attached hydrogen (secondary N) is 1. The predicted molar refractivity (Wildman–Crippen MR) is 78.5 cm³/mol. The van der Waals surface area contributed by atoms with Gasteiger partial charge >= 0.3 is 0 Å². The van der Waals surface area contributed by atoms with Gasteiger partial charge in [0.2, 0.25) is 5.91 Å². The Hall–Kier alpha value is -1.82. The van der Waals surface area contributed by atoms with E-state index in [0.29, 0.717) is 38.9 Å². The Bertz CT molecular complexity index is 555. The van der Waals surface area contributed by atoms with E-state index in [1.165, 1.54) is 0 Å². The van der Waals surface area contributed by atoms with Gasteiger partial charge in [-0.15, -0.1) is 0 Å². The lowest BCUT2D eigenvalue weighted by Crippen LogP contribution is -2.41. The number of carbonyl (C=O) groups excluding carboxylic acids is 2. The minimum absolute atomic E-state index is 0.0529. The monoisotopic (exact) mass is 310 g/mol. The Kier molecular flexibility index (Phi) is 5.60. The first-order valence-electron chi connectivity index (χ1n) is 7.44. The zero-order chi connectivity index (χ0) is 16.1. The smallest absolute Gasteiger partial charge is 0.223 e. The highest BCUT2D eigenvalue weighted by Gasteiger charge is 2.29. The zero-order valence-electron chi connectivity index (χ0n) is 12.6. The number of hydrogen-bond acceptors (Lipinski definition) is 3. The number of rotatable bonds is 5. The van der Waals surface area contributed by atoms with Crippen LogP contribution in [0.1, 0.15) is 29.6 Å². The minimum atomic E-state index is -0.695. The number of amides is 1. The topological polar surface area (TPSA) is 49.4 Å². The summed E-state index contributed by atoms with van der Waals surface area (Å²) in [5.41, 5.74) is -0.194. The van der Waals surface area contributed by atoms with Crippen molar-refractivity contribution in [1.29, 1.82) is 0 Å². The zero-order valence-corrected chi connectivity index (χ0v) is 12.6. The molecule has 1 saturated heterocycles. The van der Waals surface area contributed by atoms with Crippen LogP contribution in [0.3, 0.4) is 0 Å². The summed E-state index contributed by atoms with van der Waals surface area (Å²) in [7, 11) is 1.78. The number of Topliss-reactive ketones (excluding diaryl/α,β-unsaturated/α-hetero) is 1. The van der Waals surface area contributed by atoms with Crippen LogP contribution in [0.4, 0.5) is 8.78 Å². The van der Waals surface area contributed by atoms with Gasteiger partial charge in [-0.1, -0.05) is 0 Å². The second kappa shape index (κ2) is 7.45. The van der Waals surface area contributed by atoms with Crippen LogP contribution in [0.15, 0.2) is 18.2 Å². The highest BCUT2D eigenvalue weighted by atomic mass is 19.1. The number of hydrogen-bond donors (Lipinski definition) is 1. The number of ketones is 1. The van der Waals surface area contributed by atoms with E-state index in [1.54, 1.807) is 11.9 Å². The van der Waals surface area contributed by atoms with Gasteiger partial charge in [-0.3, -0.25) is 9.59 Å². The lowest BCUT2D eigenvalue weighted by molar-refractivity contribution is -0.132. The fraction of sp³-hybridized carbons (Fsp3) is 0.500.